The lowest BCUT2D eigenvalue weighted by Crippen LogP contribution is -2.45. The van der Waals surface area contributed by atoms with Crippen molar-refractivity contribution in [3.63, 3.8) is 0 Å². The fourth-order valence-electron chi connectivity index (χ4n) is 3.55. The maximum atomic E-state index is 13.2. The van der Waals surface area contributed by atoms with Gasteiger partial charge in [0.1, 0.15) is 11.9 Å². The normalized spacial score (nSPS) is 15.6. The highest BCUT2D eigenvalue weighted by Crippen LogP contribution is 2.24. The van der Waals surface area contributed by atoms with E-state index in [1.54, 1.807) is 0 Å². The Morgan fingerprint density at radius 3 is 2.17 bits per heavy atom. The van der Waals surface area contributed by atoms with Crippen LogP contribution in [0.2, 0.25) is 0 Å². The Balaban J connectivity index is 1.73. The van der Waals surface area contributed by atoms with Gasteiger partial charge in [-0.15, -0.1) is 0 Å². The van der Waals surface area contributed by atoms with Gasteiger partial charge in [-0.2, -0.15) is 0 Å². The molecule has 1 aliphatic heterocycles. The maximum Gasteiger partial charge on any atom is 0.247 e. The maximum absolute atomic E-state index is 13.2. The van der Waals surface area contributed by atoms with Crippen molar-refractivity contribution in [2.45, 2.75) is 32.2 Å². The molecule has 0 radical (unpaired) electrons. The topological polar surface area (TPSA) is 69.7 Å². The third-order valence-corrected chi connectivity index (χ3v) is 6.27. The molecule has 1 saturated heterocycles. The molecule has 2 aromatic rings. The number of nitrogens with zero attached hydrogens (tertiary/aromatic N) is 2. The molecule has 2 aromatic carbocycles. The summed E-state index contributed by atoms with van der Waals surface area (Å²) in [6, 6.07) is 11.6. The minimum absolute atomic E-state index is 0.233. The van der Waals surface area contributed by atoms with Crippen molar-refractivity contribution in [3.8, 4) is 0 Å². The van der Waals surface area contributed by atoms with Crippen LogP contribution in [0.5, 0.6) is 0 Å². The van der Waals surface area contributed by atoms with E-state index in [0.29, 0.717) is 5.69 Å². The number of piperidine rings is 1. The number of hydrogen-bond donors (Lipinski definition) is 1. The number of carbonyl (C=O) groups excluding carboxylic acids is 1. The Kier molecular flexibility index (Phi) is 6.42. The Morgan fingerprint density at radius 2 is 1.62 bits per heavy atom. The van der Waals surface area contributed by atoms with Crippen molar-refractivity contribution < 1.29 is 17.6 Å². The highest BCUT2D eigenvalue weighted by atomic mass is 32.2. The predicted octanol–water partition coefficient (Wildman–Crippen LogP) is 3.61. The zero-order chi connectivity index (χ0) is 21.0. The van der Waals surface area contributed by atoms with Gasteiger partial charge in [0, 0.05) is 24.5 Å². The van der Waals surface area contributed by atoms with E-state index in [9.17, 15) is 17.6 Å². The van der Waals surface area contributed by atoms with Gasteiger partial charge in [0.2, 0.25) is 15.9 Å². The van der Waals surface area contributed by atoms with Crippen LogP contribution in [-0.2, 0) is 14.8 Å². The summed E-state index contributed by atoms with van der Waals surface area (Å²) < 4.78 is 38.8. The van der Waals surface area contributed by atoms with E-state index in [-0.39, 0.29) is 5.69 Å². The van der Waals surface area contributed by atoms with Gasteiger partial charge in [0.15, 0.2) is 0 Å². The number of rotatable bonds is 6. The predicted molar refractivity (Wildman–Crippen MR) is 114 cm³/mol. The van der Waals surface area contributed by atoms with Crippen LogP contribution in [0.15, 0.2) is 48.5 Å². The summed E-state index contributed by atoms with van der Waals surface area (Å²) in [6.07, 6.45) is 4.64. The second-order valence-electron chi connectivity index (χ2n) is 7.30. The second-order valence-corrected chi connectivity index (χ2v) is 9.15. The fourth-order valence-corrected chi connectivity index (χ4v) is 4.73. The third-order valence-electron chi connectivity index (χ3n) is 5.03. The number of nitrogens with one attached hydrogen (secondary N) is 1. The molecule has 1 fully saturated rings. The lowest BCUT2D eigenvalue weighted by molar-refractivity contribution is -0.116. The van der Waals surface area contributed by atoms with Gasteiger partial charge in [-0.1, -0.05) is 0 Å². The molecule has 0 aliphatic carbocycles. The lowest BCUT2D eigenvalue weighted by Gasteiger charge is -2.29. The number of amides is 1. The summed E-state index contributed by atoms with van der Waals surface area (Å²) in [4.78, 5) is 15.0. The van der Waals surface area contributed by atoms with Crippen LogP contribution in [0.1, 0.15) is 26.2 Å². The number of benzene rings is 2. The van der Waals surface area contributed by atoms with E-state index < -0.39 is 27.8 Å². The zero-order valence-electron chi connectivity index (χ0n) is 16.6. The molecule has 1 N–H and O–H groups in total. The average Bonchev–Trinajstić information content (AvgIpc) is 2.70. The van der Waals surface area contributed by atoms with Crippen LogP contribution >= 0.6 is 0 Å². The molecule has 29 heavy (non-hydrogen) atoms. The highest BCUT2D eigenvalue weighted by Gasteiger charge is 2.29. The van der Waals surface area contributed by atoms with E-state index in [2.05, 4.69) is 10.2 Å². The SMILES string of the molecule is C[C@H](C(=O)Nc1ccc(N2CCCCC2)cc1)N(c1ccc(F)cc1)S(C)(=O)=O. The molecular weight excluding hydrogens is 393 g/mol. The summed E-state index contributed by atoms with van der Waals surface area (Å²) in [5.41, 5.74) is 1.94. The van der Waals surface area contributed by atoms with E-state index in [1.807, 2.05) is 24.3 Å². The van der Waals surface area contributed by atoms with Gasteiger partial charge in [-0.25, -0.2) is 12.8 Å². The largest absolute Gasteiger partial charge is 0.372 e. The van der Waals surface area contributed by atoms with Gasteiger partial charge in [0.25, 0.3) is 0 Å². The molecule has 0 aromatic heterocycles. The quantitative estimate of drug-likeness (QED) is 0.777. The molecule has 0 saturated carbocycles. The number of hydrogen-bond acceptors (Lipinski definition) is 4. The van der Waals surface area contributed by atoms with Crippen LogP contribution in [-0.4, -0.2) is 39.7 Å². The second kappa shape index (κ2) is 8.82. The van der Waals surface area contributed by atoms with Gasteiger partial charge >= 0.3 is 0 Å². The highest BCUT2D eigenvalue weighted by molar-refractivity contribution is 7.92. The molecule has 1 atom stereocenters. The van der Waals surface area contributed by atoms with Gasteiger partial charge in [-0.05, 0) is 74.7 Å². The number of carbonyl (C=O) groups is 1. The first-order valence-electron chi connectivity index (χ1n) is 9.66. The Morgan fingerprint density at radius 1 is 1.03 bits per heavy atom. The first-order chi connectivity index (χ1) is 13.8. The summed E-state index contributed by atoms with van der Waals surface area (Å²) in [5, 5.41) is 2.77. The zero-order valence-corrected chi connectivity index (χ0v) is 17.5. The van der Waals surface area contributed by atoms with E-state index in [4.69, 9.17) is 0 Å². The van der Waals surface area contributed by atoms with Crippen molar-refractivity contribution in [2.24, 2.45) is 0 Å². The van der Waals surface area contributed by atoms with Crippen LogP contribution in [0.4, 0.5) is 21.5 Å². The minimum Gasteiger partial charge on any atom is -0.372 e. The first-order valence-corrected chi connectivity index (χ1v) is 11.5. The number of anilines is 3. The number of sulfonamides is 1. The Labute approximate surface area is 171 Å². The van der Waals surface area contributed by atoms with Crippen LogP contribution < -0.4 is 14.5 Å². The van der Waals surface area contributed by atoms with E-state index >= 15 is 0 Å². The average molecular weight is 420 g/mol. The molecule has 1 heterocycles. The fraction of sp³-hybridized carbons (Fsp3) is 0.381. The first kappa shape index (κ1) is 21.1. The van der Waals surface area contributed by atoms with Crippen LogP contribution in [0, 0.1) is 5.82 Å². The molecule has 0 bridgehead atoms. The molecule has 8 heteroatoms. The van der Waals surface area contributed by atoms with E-state index in [1.165, 1.54) is 38.3 Å². The Bertz CT molecular complexity index is 940. The molecule has 3 rings (SSSR count). The summed E-state index contributed by atoms with van der Waals surface area (Å²) in [5.74, 6) is -0.946. The molecule has 0 unspecified atom stereocenters. The summed E-state index contributed by atoms with van der Waals surface area (Å²) >= 11 is 0. The van der Waals surface area contributed by atoms with Crippen molar-refractivity contribution in [1.29, 1.82) is 0 Å². The third kappa shape index (κ3) is 5.26. The number of halogens is 1. The molecule has 1 aliphatic rings. The summed E-state index contributed by atoms with van der Waals surface area (Å²) in [7, 11) is -3.75. The molecule has 156 valence electrons. The van der Waals surface area contributed by atoms with Crippen molar-refractivity contribution >= 4 is 33.0 Å². The minimum atomic E-state index is -3.75. The molecule has 6 nitrogen and oxygen atoms in total. The van der Waals surface area contributed by atoms with Crippen molar-refractivity contribution in [1.82, 2.24) is 0 Å². The van der Waals surface area contributed by atoms with Gasteiger partial charge in [-0.3, -0.25) is 9.10 Å². The van der Waals surface area contributed by atoms with E-state index in [0.717, 1.165) is 41.5 Å². The lowest BCUT2D eigenvalue weighted by atomic mass is 10.1. The smallest absolute Gasteiger partial charge is 0.247 e. The monoisotopic (exact) mass is 419 g/mol. The molecule has 1 amide bonds. The van der Waals surface area contributed by atoms with Gasteiger partial charge in [0.05, 0.1) is 11.9 Å². The van der Waals surface area contributed by atoms with Gasteiger partial charge < -0.3 is 10.2 Å². The standard InChI is InChI=1S/C21H26FN3O3S/c1-16(25(29(2,27)28)20-10-6-17(22)7-11-20)21(26)23-18-8-12-19(13-9-18)24-14-4-3-5-15-24/h6-13,16H,3-5,14-15H2,1-2H3,(H,23,26)/t16-/m1/s1. The summed E-state index contributed by atoms with van der Waals surface area (Å²) in [6.45, 7) is 3.56. The van der Waals surface area contributed by atoms with Crippen LogP contribution in [0.3, 0.4) is 0 Å². The van der Waals surface area contributed by atoms with Crippen molar-refractivity contribution in [2.75, 3.05) is 33.9 Å². The van der Waals surface area contributed by atoms with Crippen LogP contribution in [0.25, 0.3) is 0 Å². The van der Waals surface area contributed by atoms with Crippen molar-refractivity contribution in [3.05, 3.63) is 54.3 Å². The molecular formula is C21H26FN3O3S. The molecule has 0 spiro atoms. The Hall–Kier alpha value is -2.61.